The van der Waals surface area contributed by atoms with Crippen molar-refractivity contribution in [1.82, 2.24) is 0 Å². The highest BCUT2D eigenvalue weighted by Crippen LogP contribution is 2.44. The maximum atomic E-state index is 8.63. The van der Waals surface area contributed by atoms with Crippen molar-refractivity contribution < 1.29 is 5.21 Å². The topological polar surface area (TPSA) is 32.6 Å². The minimum absolute atomic E-state index is 0.0554. The molecule has 0 spiro atoms. The summed E-state index contributed by atoms with van der Waals surface area (Å²) in [6, 6.07) is 0. The van der Waals surface area contributed by atoms with Crippen LogP contribution in [0.5, 0.6) is 0 Å². The maximum absolute atomic E-state index is 8.63. The summed E-state index contributed by atoms with van der Waals surface area (Å²) in [5.74, 6) is 1.03. The SMILES string of the molecule is C=C1C=CC(C)C(C)C1(C)/C=C\C(C)=N/O. The van der Waals surface area contributed by atoms with Crippen LogP contribution in [0.25, 0.3) is 0 Å². The van der Waals surface area contributed by atoms with Crippen LogP contribution in [0.2, 0.25) is 0 Å². The summed E-state index contributed by atoms with van der Waals surface area (Å²) in [4.78, 5) is 0. The molecule has 88 valence electrons. The van der Waals surface area contributed by atoms with Crippen molar-refractivity contribution in [3.8, 4) is 0 Å². The zero-order chi connectivity index (χ0) is 12.3. The Hall–Kier alpha value is -1.31. The van der Waals surface area contributed by atoms with E-state index < -0.39 is 0 Å². The largest absolute Gasteiger partial charge is 0.411 e. The smallest absolute Gasteiger partial charge is 0.0761 e. The third-order valence-corrected chi connectivity index (χ3v) is 3.86. The molecule has 0 bridgehead atoms. The van der Waals surface area contributed by atoms with Gasteiger partial charge in [-0.15, -0.1) is 0 Å². The van der Waals surface area contributed by atoms with E-state index >= 15 is 0 Å². The Kier molecular flexibility index (Phi) is 3.74. The van der Waals surface area contributed by atoms with Gasteiger partial charge in [0.05, 0.1) is 5.71 Å². The number of allylic oxidation sites excluding steroid dienone is 5. The standard InChI is InChI=1S/C14H21NO/c1-10-6-7-11(2)14(5,13(10)4)9-8-12(3)15-16/h6-10,13,16H,2H2,1,3-5H3/b9-8-,15-12-. The number of rotatable bonds is 2. The molecule has 16 heavy (non-hydrogen) atoms. The molecule has 1 rings (SSSR count). The monoisotopic (exact) mass is 219 g/mol. The van der Waals surface area contributed by atoms with Crippen LogP contribution in [-0.4, -0.2) is 10.9 Å². The average Bonchev–Trinajstić information content (AvgIpc) is 2.29. The molecule has 0 saturated heterocycles. The van der Waals surface area contributed by atoms with E-state index in [1.165, 1.54) is 0 Å². The quantitative estimate of drug-likeness (QED) is 0.427. The predicted molar refractivity (Wildman–Crippen MR) is 68.8 cm³/mol. The van der Waals surface area contributed by atoms with Gasteiger partial charge in [-0.05, 0) is 30.4 Å². The van der Waals surface area contributed by atoms with E-state index in [4.69, 9.17) is 5.21 Å². The molecular weight excluding hydrogens is 198 g/mol. The normalized spacial score (nSPS) is 36.0. The van der Waals surface area contributed by atoms with Gasteiger partial charge in [-0.2, -0.15) is 0 Å². The lowest BCUT2D eigenvalue weighted by molar-refractivity contribution is 0.267. The first-order valence-corrected chi connectivity index (χ1v) is 5.67. The molecule has 0 fully saturated rings. The van der Waals surface area contributed by atoms with E-state index in [2.05, 4.69) is 50.7 Å². The Bertz CT molecular complexity index is 365. The molecule has 0 aromatic heterocycles. The van der Waals surface area contributed by atoms with E-state index in [1.54, 1.807) is 6.92 Å². The van der Waals surface area contributed by atoms with Gasteiger partial charge in [-0.25, -0.2) is 0 Å². The number of hydrogen-bond acceptors (Lipinski definition) is 2. The molecule has 0 saturated carbocycles. The highest BCUT2D eigenvalue weighted by Gasteiger charge is 2.35. The lowest BCUT2D eigenvalue weighted by Gasteiger charge is -2.40. The molecule has 0 heterocycles. The summed E-state index contributed by atoms with van der Waals surface area (Å²) < 4.78 is 0. The van der Waals surface area contributed by atoms with Crippen molar-refractivity contribution in [2.75, 3.05) is 0 Å². The summed E-state index contributed by atoms with van der Waals surface area (Å²) in [5, 5.41) is 11.8. The molecule has 0 radical (unpaired) electrons. The fourth-order valence-corrected chi connectivity index (χ4v) is 2.04. The minimum atomic E-state index is -0.0554. The molecule has 0 aliphatic heterocycles. The van der Waals surface area contributed by atoms with E-state index in [1.807, 2.05) is 6.08 Å². The van der Waals surface area contributed by atoms with Crippen LogP contribution in [0.4, 0.5) is 0 Å². The second-order valence-electron chi connectivity index (χ2n) is 4.89. The van der Waals surface area contributed by atoms with Gasteiger partial charge >= 0.3 is 0 Å². The van der Waals surface area contributed by atoms with Crippen LogP contribution < -0.4 is 0 Å². The zero-order valence-electron chi connectivity index (χ0n) is 10.6. The third kappa shape index (κ3) is 2.26. The van der Waals surface area contributed by atoms with Gasteiger partial charge in [-0.1, -0.05) is 50.7 Å². The molecular formula is C14H21NO. The van der Waals surface area contributed by atoms with Crippen LogP contribution in [-0.2, 0) is 0 Å². The first kappa shape index (κ1) is 12.8. The molecule has 2 nitrogen and oxygen atoms in total. The highest BCUT2D eigenvalue weighted by molar-refractivity contribution is 5.92. The van der Waals surface area contributed by atoms with Crippen molar-refractivity contribution >= 4 is 5.71 Å². The van der Waals surface area contributed by atoms with Crippen LogP contribution in [0.15, 0.2) is 41.6 Å². The highest BCUT2D eigenvalue weighted by atomic mass is 16.4. The van der Waals surface area contributed by atoms with E-state index in [-0.39, 0.29) is 5.41 Å². The molecule has 2 heteroatoms. The molecule has 0 aromatic carbocycles. The van der Waals surface area contributed by atoms with Crippen LogP contribution >= 0.6 is 0 Å². The zero-order valence-corrected chi connectivity index (χ0v) is 10.6. The molecule has 0 amide bonds. The molecule has 1 aliphatic carbocycles. The fraction of sp³-hybridized carbons (Fsp3) is 0.500. The summed E-state index contributed by atoms with van der Waals surface area (Å²) in [6.45, 7) is 12.5. The van der Waals surface area contributed by atoms with Gasteiger partial charge in [-0.3, -0.25) is 0 Å². The first-order chi connectivity index (χ1) is 7.41. The maximum Gasteiger partial charge on any atom is 0.0761 e. The summed E-state index contributed by atoms with van der Waals surface area (Å²) in [6.07, 6.45) is 8.25. The van der Waals surface area contributed by atoms with Crippen molar-refractivity contribution in [2.24, 2.45) is 22.4 Å². The molecule has 3 atom stereocenters. The average molecular weight is 219 g/mol. The lowest BCUT2D eigenvalue weighted by atomic mass is 9.64. The van der Waals surface area contributed by atoms with E-state index in [0.29, 0.717) is 17.5 Å². The molecule has 3 unspecified atom stereocenters. The Morgan fingerprint density at radius 1 is 1.56 bits per heavy atom. The Morgan fingerprint density at radius 2 is 2.19 bits per heavy atom. The Balaban J connectivity index is 3.03. The molecule has 0 aromatic rings. The molecule has 1 aliphatic rings. The number of oxime groups is 1. The number of nitrogens with zero attached hydrogens (tertiary/aromatic N) is 1. The minimum Gasteiger partial charge on any atom is -0.411 e. The van der Waals surface area contributed by atoms with Gasteiger partial charge in [0.1, 0.15) is 0 Å². The Labute approximate surface area is 98.1 Å². The van der Waals surface area contributed by atoms with E-state index in [9.17, 15) is 0 Å². The fourth-order valence-electron chi connectivity index (χ4n) is 2.04. The Morgan fingerprint density at radius 3 is 2.75 bits per heavy atom. The lowest BCUT2D eigenvalue weighted by Crippen LogP contribution is -2.31. The second kappa shape index (κ2) is 4.69. The van der Waals surface area contributed by atoms with Gasteiger partial charge in [0, 0.05) is 5.41 Å². The van der Waals surface area contributed by atoms with Crippen molar-refractivity contribution in [1.29, 1.82) is 0 Å². The van der Waals surface area contributed by atoms with Gasteiger partial charge in [0.25, 0.3) is 0 Å². The summed E-state index contributed by atoms with van der Waals surface area (Å²) in [7, 11) is 0. The predicted octanol–water partition coefficient (Wildman–Crippen LogP) is 3.80. The van der Waals surface area contributed by atoms with Gasteiger partial charge < -0.3 is 5.21 Å². The van der Waals surface area contributed by atoms with Crippen molar-refractivity contribution in [2.45, 2.75) is 27.7 Å². The van der Waals surface area contributed by atoms with Crippen molar-refractivity contribution in [3.05, 3.63) is 36.5 Å². The van der Waals surface area contributed by atoms with Gasteiger partial charge in [0.2, 0.25) is 0 Å². The third-order valence-electron chi connectivity index (χ3n) is 3.86. The van der Waals surface area contributed by atoms with Crippen molar-refractivity contribution in [3.63, 3.8) is 0 Å². The van der Waals surface area contributed by atoms with Crippen LogP contribution in [0.1, 0.15) is 27.7 Å². The first-order valence-electron chi connectivity index (χ1n) is 5.67. The van der Waals surface area contributed by atoms with Crippen LogP contribution in [0.3, 0.4) is 0 Å². The van der Waals surface area contributed by atoms with E-state index in [0.717, 1.165) is 5.57 Å². The molecule has 1 N–H and O–H groups in total. The summed E-state index contributed by atoms with van der Waals surface area (Å²) in [5.41, 5.74) is 1.67. The number of hydrogen-bond donors (Lipinski definition) is 1. The summed E-state index contributed by atoms with van der Waals surface area (Å²) >= 11 is 0. The van der Waals surface area contributed by atoms with Crippen LogP contribution in [0, 0.1) is 17.3 Å². The van der Waals surface area contributed by atoms with Gasteiger partial charge in [0.15, 0.2) is 0 Å². The second-order valence-corrected chi connectivity index (χ2v) is 4.89.